The van der Waals surface area contributed by atoms with Gasteiger partial charge in [0.1, 0.15) is 6.10 Å². The molecular weight excluding hydrogens is 406 g/mol. The molecule has 32 heavy (non-hydrogen) atoms. The van der Waals surface area contributed by atoms with Gasteiger partial charge in [-0.25, -0.2) is 4.98 Å². The van der Waals surface area contributed by atoms with E-state index in [2.05, 4.69) is 0 Å². The van der Waals surface area contributed by atoms with Gasteiger partial charge in [0.25, 0.3) is 11.8 Å². The van der Waals surface area contributed by atoms with Crippen molar-refractivity contribution in [3.63, 3.8) is 0 Å². The minimum Gasteiger partial charge on any atom is -0.380 e. The van der Waals surface area contributed by atoms with Crippen LogP contribution in [0.5, 0.6) is 0 Å². The highest BCUT2D eigenvalue weighted by molar-refractivity contribution is 6.06. The molecule has 4 rings (SSSR count). The maximum Gasteiger partial charge on any atom is 0.254 e. The Morgan fingerprint density at radius 3 is 2.62 bits per heavy atom. The van der Waals surface area contributed by atoms with E-state index in [1.807, 2.05) is 48.5 Å². The fourth-order valence-corrected chi connectivity index (χ4v) is 3.88. The van der Waals surface area contributed by atoms with Crippen LogP contribution in [0.3, 0.4) is 0 Å². The van der Waals surface area contributed by atoms with Gasteiger partial charge in [0.05, 0.1) is 36.5 Å². The summed E-state index contributed by atoms with van der Waals surface area (Å²) in [6.07, 6.45) is -0.404. The number of ether oxygens (including phenoxy) is 2. The van der Waals surface area contributed by atoms with E-state index < -0.39 is 6.10 Å². The average molecular weight is 434 g/mol. The molecule has 0 bridgehead atoms. The van der Waals surface area contributed by atoms with Crippen molar-refractivity contribution in [1.82, 2.24) is 14.8 Å². The highest BCUT2D eigenvalue weighted by atomic mass is 16.5. The average Bonchev–Trinajstić information content (AvgIpc) is 2.83. The Labute approximate surface area is 187 Å². The smallest absolute Gasteiger partial charge is 0.254 e. The lowest BCUT2D eigenvalue weighted by molar-refractivity contribution is -0.0246. The number of aromatic nitrogens is 1. The standard InChI is InChI=1S/C25H27N3O4/c1-27(2)25(30)20-14-22(26-21-7-5-4-6-19(20)21)23-15-28(12-13-32-23)24(29)18-10-8-17(9-11-18)16-31-3/h4-11,14,23H,12-13,15-16H2,1-3H3/t23-/m1/s1. The number of amides is 2. The molecule has 1 atom stereocenters. The second kappa shape index (κ2) is 9.46. The van der Waals surface area contributed by atoms with E-state index in [0.29, 0.717) is 43.1 Å². The summed E-state index contributed by atoms with van der Waals surface area (Å²) in [6.45, 7) is 1.80. The first-order valence-corrected chi connectivity index (χ1v) is 10.6. The van der Waals surface area contributed by atoms with Crippen LogP contribution in [-0.4, -0.2) is 67.5 Å². The molecule has 0 aliphatic carbocycles. The summed E-state index contributed by atoms with van der Waals surface area (Å²) < 4.78 is 11.1. The van der Waals surface area contributed by atoms with E-state index in [1.54, 1.807) is 37.1 Å². The van der Waals surface area contributed by atoms with Gasteiger partial charge in [-0.15, -0.1) is 0 Å². The number of morpholine rings is 1. The van der Waals surface area contributed by atoms with Crippen molar-refractivity contribution < 1.29 is 19.1 Å². The lowest BCUT2D eigenvalue weighted by Gasteiger charge is -2.33. The molecule has 0 unspecified atom stereocenters. The zero-order valence-corrected chi connectivity index (χ0v) is 18.6. The predicted molar refractivity (Wildman–Crippen MR) is 122 cm³/mol. The van der Waals surface area contributed by atoms with E-state index in [-0.39, 0.29) is 11.8 Å². The molecule has 1 aliphatic rings. The van der Waals surface area contributed by atoms with Crippen molar-refractivity contribution in [3.8, 4) is 0 Å². The molecule has 7 heteroatoms. The number of rotatable bonds is 5. The number of carbonyl (C=O) groups excluding carboxylic acids is 2. The Morgan fingerprint density at radius 2 is 1.91 bits per heavy atom. The lowest BCUT2D eigenvalue weighted by atomic mass is 10.0. The number of benzene rings is 2. The molecule has 166 valence electrons. The summed E-state index contributed by atoms with van der Waals surface area (Å²) in [5.41, 5.74) is 3.61. The Morgan fingerprint density at radius 1 is 1.16 bits per heavy atom. The van der Waals surface area contributed by atoms with E-state index in [0.717, 1.165) is 16.5 Å². The van der Waals surface area contributed by atoms with Crippen molar-refractivity contribution in [2.75, 3.05) is 40.9 Å². The van der Waals surface area contributed by atoms with Gasteiger partial charge in [0.2, 0.25) is 0 Å². The SMILES string of the molecule is COCc1ccc(C(=O)N2CCO[C@@H](c3cc(C(=O)N(C)C)c4ccccc4n3)C2)cc1. The first-order chi connectivity index (χ1) is 15.5. The summed E-state index contributed by atoms with van der Waals surface area (Å²) in [7, 11) is 5.10. The number of nitrogens with zero attached hydrogens (tertiary/aromatic N) is 3. The zero-order chi connectivity index (χ0) is 22.7. The van der Waals surface area contributed by atoms with Crippen LogP contribution in [0.15, 0.2) is 54.6 Å². The Balaban J connectivity index is 1.60. The van der Waals surface area contributed by atoms with Crippen LogP contribution in [-0.2, 0) is 16.1 Å². The lowest BCUT2D eigenvalue weighted by Crippen LogP contribution is -2.42. The van der Waals surface area contributed by atoms with Crippen molar-refractivity contribution >= 4 is 22.7 Å². The molecule has 7 nitrogen and oxygen atoms in total. The molecule has 2 heterocycles. The molecule has 2 amide bonds. The summed E-state index contributed by atoms with van der Waals surface area (Å²) in [6, 6.07) is 16.8. The van der Waals surface area contributed by atoms with Crippen molar-refractivity contribution in [3.05, 3.63) is 77.0 Å². The molecule has 0 saturated carbocycles. The fourth-order valence-electron chi connectivity index (χ4n) is 3.88. The zero-order valence-electron chi connectivity index (χ0n) is 18.6. The molecular formula is C25H27N3O4. The molecule has 1 aliphatic heterocycles. The molecule has 1 fully saturated rings. The highest BCUT2D eigenvalue weighted by Gasteiger charge is 2.28. The normalized spacial score (nSPS) is 16.2. The monoisotopic (exact) mass is 433 g/mol. The number of pyridine rings is 1. The molecule has 2 aromatic carbocycles. The predicted octanol–water partition coefficient (Wildman–Crippen LogP) is 3.30. The summed E-state index contributed by atoms with van der Waals surface area (Å²) >= 11 is 0. The quantitative estimate of drug-likeness (QED) is 0.617. The fraction of sp³-hybridized carbons (Fsp3) is 0.320. The molecule has 1 saturated heterocycles. The summed E-state index contributed by atoms with van der Waals surface area (Å²) in [5, 5.41) is 0.801. The van der Waals surface area contributed by atoms with Gasteiger partial charge in [0, 0.05) is 38.7 Å². The minimum atomic E-state index is -0.404. The third-order valence-corrected chi connectivity index (χ3v) is 5.57. The minimum absolute atomic E-state index is 0.0485. The van der Waals surface area contributed by atoms with Crippen LogP contribution in [0.2, 0.25) is 0 Å². The number of hydrogen-bond donors (Lipinski definition) is 0. The summed E-state index contributed by atoms with van der Waals surface area (Å²) in [5.74, 6) is -0.141. The molecule has 0 radical (unpaired) electrons. The van der Waals surface area contributed by atoms with E-state index >= 15 is 0 Å². The van der Waals surface area contributed by atoms with Gasteiger partial charge in [-0.3, -0.25) is 9.59 Å². The maximum atomic E-state index is 13.1. The van der Waals surface area contributed by atoms with Crippen LogP contribution in [0.1, 0.15) is 38.1 Å². The number of methoxy groups -OCH3 is 1. The molecule has 0 N–H and O–H groups in total. The highest BCUT2D eigenvalue weighted by Crippen LogP contribution is 2.27. The Bertz CT molecular complexity index is 1130. The van der Waals surface area contributed by atoms with Gasteiger partial charge in [-0.2, -0.15) is 0 Å². The van der Waals surface area contributed by atoms with Crippen LogP contribution in [0.25, 0.3) is 10.9 Å². The third kappa shape index (κ3) is 4.49. The Hall–Kier alpha value is -3.29. The summed E-state index contributed by atoms with van der Waals surface area (Å²) in [4.78, 5) is 34.0. The first-order valence-electron chi connectivity index (χ1n) is 10.6. The van der Waals surface area contributed by atoms with Crippen LogP contribution >= 0.6 is 0 Å². The van der Waals surface area contributed by atoms with E-state index in [4.69, 9.17) is 14.5 Å². The van der Waals surface area contributed by atoms with Gasteiger partial charge >= 0.3 is 0 Å². The van der Waals surface area contributed by atoms with Gasteiger partial charge in [-0.05, 0) is 29.8 Å². The van der Waals surface area contributed by atoms with Gasteiger partial charge < -0.3 is 19.3 Å². The molecule has 1 aromatic heterocycles. The van der Waals surface area contributed by atoms with Crippen LogP contribution in [0.4, 0.5) is 0 Å². The van der Waals surface area contributed by atoms with Gasteiger partial charge in [0.15, 0.2) is 0 Å². The number of hydrogen-bond acceptors (Lipinski definition) is 5. The second-order valence-electron chi connectivity index (χ2n) is 8.05. The molecule has 0 spiro atoms. The Kier molecular flexibility index (Phi) is 6.48. The van der Waals surface area contributed by atoms with Gasteiger partial charge in [-0.1, -0.05) is 30.3 Å². The topological polar surface area (TPSA) is 72.0 Å². The number of fused-ring (bicyclic) bond motifs is 1. The maximum absolute atomic E-state index is 13.1. The number of carbonyl (C=O) groups is 2. The van der Waals surface area contributed by atoms with Crippen LogP contribution in [0, 0.1) is 0 Å². The first kappa shape index (κ1) is 21.9. The van der Waals surface area contributed by atoms with Crippen molar-refractivity contribution in [2.24, 2.45) is 0 Å². The van der Waals surface area contributed by atoms with Crippen molar-refractivity contribution in [1.29, 1.82) is 0 Å². The molecule has 3 aromatic rings. The number of para-hydroxylation sites is 1. The van der Waals surface area contributed by atoms with Crippen molar-refractivity contribution in [2.45, 2.75) is 12.7 Å². The van der Waals surface area contributed by atoms with E-state index in [1.165, 1.54) is 0 Å². The second-order valence-corrected chi connectivity index (χ2v) is 8.05. The van der Waals surface area contributed by atoms with Crippen LogP contribution < -0.4 is 0 Å². The van der Waals surface area contributed by atoms with E-state index in [9.17, 15) is 9.59 Å². The third-order valence-electron chi connectivity index (χ3n) is 5.57. The largest absolute Gasteiger partial charge is 0.380 e.